The maximum Gasteiger partial charge on any atom is 0.410 e. The van der Waals surface area contributed by atoms with Gasteiger partial charge in [-0.15, -0.1) is 0 Å². The number of rotatable bonds is 1. The van der Waals surface area contributed by atoms with E-state index >= 15 is 0 Å². The minimum Gasteiger partial charge on any atom is -0.444 e. The third-order valence-corrected chi connectivity index (χ3v) is 4.31. The summed E-state index contributed by atoms with van der Waals surface area (Å²) in [6, 6.07) is 2.82. The molecule has 2 bridgehead atoms. The van der Waals surface area contributed by atoms with E-state index in [1.165, 1.54) is 0 Å². The van der Waals surface area contributed by atoms with Gasteiger partial charge in [-0.05, 0) is 27.2 Å². The molecule has 6 nitrogen and oxygen atoms in total. The van der Waals surface area contributed by atoms with Gasteiger partial charge in [0.15, 0.2) is 5.54 Å². The Morgan fingerprint density at radius 1 is 1.35 bits per heavy atom. The number of ether oxygens (including phenoxy) is 2. The molecule has 6 heteroatoms. The van der Waals surface area contributed by atoms with E-state index < -0.39 is 11.1 Å². The average molecular weight is 279 g/mol. The lowest BCUT2D eigenvalue weighted by atomic mass is 9.95. The average Bonchev–Trinajstić information content (AvgIpc) is 2.85. The van der Waals surface area contributed by atoms with Gasteiger partial charge in [0.2, 0.25) is 0 Å². The molecule has 2 atom stereocenters. The van der Waals surface area contributed by atoms with Crippen molar-refractivity contribution in [3.63, 3.8) is 0 Å². The molecular weight excluding hydrogens is 258 g/mol. The molecule has 0 radical (unpaired) electrons. The van der Waals surface area contributed by atoms with Crippen LogP contribution in [0.3, 0.4) is 0 Å². The molecule has 3 aliphatic rings. The molecule has 3 heterocycles. The van der Waals surface area contributed by atoms with Gasteiger partial charge in [-0.3, -0.25) is 4.90 Å². The second-order valence-corrected chi connectivity index (χ2v) is 6.96. The predicted octanol–water partition coefficient (Wildman–Crippen LogP) is 0.973. The molecule has 20 heavy (non-hydrogen) atoms. The van der Waals surface area contributed by atoms with E-state index in [1.54, 1.807) is 0 Å². The number of nitrogens with zero attached hydrogens (tertiary/aromatic N) is 3. The molecule has 3 saturated heterocycles. The number of nitriles is 1. The van der Waals surface area contributed by atoms with Gasteiger partial charge in [0.25, 0.3) is 0 Å². The SMILES string of the molecule is CC(C)(C)OC(=O)N1CC2C[C@H]1CN2C1(C#N)COC1. The largest absolute Gasteiger partial charge is 0.444 e. The van der Waals surface area contributed by atoms with Gasteiger partial charge in [0, 0.05) is 25.2 Å². The summed E-state index contributed by atoms with van der Waals surface area (Å²) < 4.78 is 10.7. The van der Waals surface area contributed by atoms with E-state index in [4.69, 9.17) is 9.47 Å². The molecule has 0 aromatic rings. The van der Waals surface area contributed by atoms with Gasteiger partial charge >= 0.3 is 6.09 Å². The van der Waals surface area contributed by atoms with Crippen molar-refractivity contribution >= 4 is 6.09 Å². The topological polar surface area (TPSA) is 65.8 Å². The maximum atomic E-state index is 12.2. The van der Waals surface area contributed by atoms with Gasteiger partial charge in [-0.1, -0.05) is 0 Å². The fourth-order valence-electron chi connectivity index (χ4n) is 3.33. The first-order valence-electron chi connectivity index (χ1n) is 7.10. The highest BCUT2D eigenvalue weighted by Crippen LogP contribution is 2.39. The molecule has 0 N–H and O–H groups in total. The van der Waals surface area contributed by atoms with Crippen molar-refractivity contribution < 1.29 is 14.3 Å². The van der Waals surface area contributed by atoms with Crippen LogP contribution in [0.25, 0.3) is 0 Å². The number of fused-ring (bicyclic) bond motifs is 2. The zero-order valence-corrected chi connectivity index (χ0v) is 12.3. The number of carbonyl (C=O) groups is 1. The van der Waals surface area contributed by atoms with Crippen LogP contribution >= 0.6 is 0 Å². The second kappa shape index (κ2) is 4.34. The normalized spacial score (nSPS) is 31.8. The monoisotopic (exact) mass is 279 g/mol. The Kier molecular flexibility index (Phi) is 2.96. The van der Waals surface area contributed by atoms with E-state index in [2.05, 4.69) is 11.0 Å². The van der Waals surface area contributed by atoms with Crippen molar-refractivity contribution in [1.29, 1.82) is 5.26 Å². The Balaban J connectivity index is 1.65. The van der Waals surface area contributed by atoms with Crippen molar-refractivity contribution in [1.82, 2.24) is 9.80 Å². The van der Waals surface area contributed by atoms with Crippen LogP contribution in [0, 0.1) is 11.3 Å². The van der Waals surface area contributed by atoms with Crippen LogP contribution in [0.2, 0.25) is 0 Å². The van der Waals surface area contributed by atoms with Crippen LogP contribution in [0.5, 0.6) is 0 Å². The highest BCUT2D eigenvalue weighted by Gasteiger charge is 2.56. The van der Waals surface area contributed by atoms with Gasteiger partial charge in [0.05, 0.1) is 19.3 Å². The summed E-state index contributed by atoms with van der Waals surface area (Å²) in [5.74, 6) is 0. The van der Waals surface area contributed by atoms with E-state index in [1.807, 2.05) is 25.7 Å². The standard InChI is InChI=1S/C14H21N3O3/c1-13(2,3)20-12(18)16-5-11-4-10(16)6-17(11)14(7-15)8-19-9-14/h10-11H,4-6,8-9H2,1-3H3/t10-,11?/m0/s1. The summed E-state index contributed by atoms with van der Waals surface area (Å²) in [5.41, 5.74) is -0.923. The fourth-order valence-corrected chi connectivity index (χ4v) is 3.33. The zero-order chi connectivity index (χ0) is 14.5. The first-order chi connectivity index (χ1) is 9.35. The third-order valence-electron chi connectivity index (χ3n) is 4.31. The smallest absolute Gasteiger partial charge is 0.410 e. The minimum atomic E-state index is -0.464. The van der Waals surface area contributed by atoms with E-state index in [0.29, 0.717) is 19.8 Å². The van der Waals surface area contributed by atoms with Crippen molar-refractivity contribution in [2.75, 3.05) is 26.3 Å². The van der Waals surface area contributed by atoms with Crippen LogP contribution in [-0.4, -0.2) is 65.4 Å². The number of hydrogen-bond donors (Lipinski definition) is 0. The molecule has 110 valence electrons. The maximum absolute atomic E-state index is 12.2. The molecule has 0 aromatic heterocycles. The predicted molar refractivity (Wildman–Crippen MR) is 71.0 cm³/mol. The molecule has 3 rings (SSSR count). The highest BCUT2D eigenvalue weighted by molar-refractivity contribution is 5.69. The molecule has 0 spiro atoms. The van der Waals surface area contributed by atoms with Crippen LogP contribution in [0.15, 0.2) is 0 Å². The summed E-state index contributed by atoms with van der Waals surface area (Å²) in [7, 11) is 0. The third kappa shape index (κ3) is 2.05. The molecule has 1 amide bonds. The number of likely N-dealkylation sites (tertiary alicyclic amines) is 2. The Bertz CT molecular complexity index is 461. The van der Waals surface area contributed by atoms with Crippen molar-refractivity contribution in [2.45, 2.75) is 50.4 Å². The van der Waals surface area contributed by atoms with Crippen LogP contribution in [-0.2, 0) is 9.47 Å². The fraction of sp³-hybridized carbons (Fsp3) is 0.857. The lowest BCUT2D eigenvalue weighted by Crippen LogP contribution is -2.66. The molecule has 3 aliphatic heterocycles. The van der Waals surface area contributed by atoms with Crippen LogP contribution < -0.4 is 0 Å². The number of carbonyl (C=O) groups excluding carboxylic acids is 1. The Labute approximate surface area is 119 Å². The Morgan fingerprint density at radius 2 is 2.05 bits per heavy atom. The molecule has 1 unspecified atom stereocenters. The van der Waals surface area contributed by atoms with Gasteiger partial charge < -0.3 is 14.4 Å². The molecule has 0 saturated carbocycles. The summed E-state index contributed by atoms with van der Waals surface area (Å²) in [5, 5.41) is 9.38. The van der Waals surface area contributed by atoms with E-state index in [9.17, 15) is 10.1 Å². The summed E-state index contributed by atoms with van der Waals surface area (Å²) >= 11 is 0. The second-order valence-electron chi connectivity index (χ2n) is 6.96. The summed E-state index contributed by atoms with van der Waals surface area (Å²) in [4.78, 5) is 16.2. The van der Waals surface area contributed by atoms with Crippen molar-refractivity contribution in [3.05, 3.63) is 0 Å². The quantitative estimate of drug-likeness (QED) is 0.715. The molecular formula is C14H21N3O3. The van der Waals surface area contributed by atoms with Gasteiger partial charge in [0.1, 0.15) is 5.60 Å². The van der Waals surface area contributed by atoms with Crippen molar-refractivity contribution in [3.8, 4) is 6.07 Å². The van der Waals surface area contributed by atoms with Gasteiger partial charge in [-0.25, -0.2) is 4.79 Å². The summed E-state index contributed by atoms with van der Waals surface area (Å²) in [6.45, 7) is 8.01. The minimum absolute atomic E-state index is 0.167. The number of hydrogen-bond acceptors (Lipinski definition) is 5. The Morgan fingerprint density at radius 3 is 2.45 bits per heavy atom. The van der Waals surface area contributed by atoms with Crippen LogP contribution in [0.4, 0.5) is 4.79 Å². The lowest BCUT2D eigenvalue weighted by Gasteiger charge is -2.47. The van der Waals surface area contributed by atoms with E-state index in [0.717, 1.165) is 13.0 Å². The van der Waals surface area contributed by atoms with E-state index in [-0.39, 0.29) is 18.2 Å². The first-order valence-corrected chi connectivity index (χ1v) is 7.10. The van der Waals surface area contributed by atoms with Gasteiger partial charge in [-0.2, -0.15) is 5.26 Å². The zero-order valence-electron chi connectivity index (χ0n) is 12.3. The number of piperazine rings is 1. The summed E-state index contributed by atoms with van der Waals surface area (Å²) in [6.07, 6.45) is 0.698. The Hall–Kier alpha value is -1.32. The molecule has 3 fully saturated rings. The van der Waals surface area contributed by atoms with Crippen molar-refractivity contribution in [2.24, 2.45) is 0 Å². The van der Waals surface area contributed by atoms with Crippen LogP contribution in [0.1, 0.15) is 27.2 Å². The lowest BCUT2D eigenvalue weighted by molar-refractivity contribution is -0.121. The highest BCUT2D eigenvalue weighted by atomic mass is 16.6. The first kappa shape index (κ1) is 13.7. The molecule has 0 aromatic carbocycles. The number of amides is 1. The molecule has 0 aliphatic carbocycles.